The Morgan fingerprint density at radius 1 is 1.31 bits per heavy atom. The second kappa shape index (κ2) is 5.21. The normalized spacial score (nSPS) is 16.6. The third-order valence-corrected chi connectivity index (χ3v) is 3.21. The van der Waals surface area contributed by atoms with Crippen LogP contribution in [0, 0.1) is 0 Å². The number of anilines is 1. The van der Waals surface area contributed by atoms with Crippen LogP contribution in [-0.2, 0) is 6.42 Å². The van der Waals surface area contributed by atoms with Crippen molar-refractivity contribution in [1.29, 1.82) is 0 Å². The van der Waals surface area contributed by atoms with E-state index in [-0.39, 0.29) is 0 Å². The maximum atomic E-state index is 5.88. The van der Waals surface area contributed by atoms with Gasteiger partial charge in [-0.15, -0.1) is 0 Å². The van der Waals surface area contributed by atoms with Gasteiger partial charge < -0.3 is 15.4 Å². The largest absolute Gasteiger partial charge is 0.495 e. The van der Waals surface area contributed by atoms with E-state index in [1.165, 1.54) is 31.5 Å². The number of nitrogens with two attached hydrogens (primary N) is 1. The molecule has 1 aliphatic rings. The highest BCUT2D eigenvalue weighted by Gasteiger charge is 2.11. The van der Waals surface area contributed by atoms with Gasteiger partial charge in [-0.2, -0.15) is 0 Å². The smallest absolute Gasteiger partial charge is 0.141 e. The summed E-state index contributed by atoms with van der Waals surface area (Å²) >= 11 is 0. The van der Waals surface area contributed by atoms with Crippen LogP contribution in [0.15, 0.2) is 18.2 Å². The standard InChI is InChI=1S/C13H20N2O/c1-16-13-5-4-11(10-12(13)14)6-9-15-7-2-3-8-15/h4-5,10H,2-3,6-9,14H2,1H3. The number of hydrogen-bond acceptors (Lipinski definition) is 3. The highest BCUT2D eigenvalue weighted by atomic mass is 16.5. The molecular weight excluding hydrogens is 200 g/mol. The van der Waals surface area contributed by atoms with Gasteiger partial charge in [-0.25, -0.2) is 0 Å². The number of hydrogen-bond donors (Lipinski definition) is 1. The minimum Gasteiger partial charge on any atom is -0.495 e. The molecule has 0 radical (unpaired) electrons. The zero-order valence-corrected chi connectivity index (χ0v) is 9.91. The first-order chi connectivity index (χ1) is 7.79. The summed E-state index contributed by atoms with van der Waals surface area (Å²) in [6.07, 6.45) is 3.78. The minimum atomic E-state index is 0.737. The Kier molecular flexibility index (Phi) is 3.67. The number of benzene rings is 1. The molecule has 0 spiro atoms. The minimum absolute atomic E-state index is 0.737. The lowest BCUT2D eigenvalue weighted by molar-refractivity contribution is 0.343. The van der Waals surface area contributed by atoms with E-state index in [0.29, 0.717) is 0 Å². The van der Waals surface area contributed by atoms with Crippen molar-refractivity contribution in [2.75, 3.05) is 32.5 Å². The Labute approximate surface area is 97.2 Å². The van der Waals surface area contributed by atoms with Crippen molar-refractivity contribution in [2.45, 2.75) is 19.3 Å². The predicted molar refractivity (Wildman–Crippen MR) is 66.8 cm³/mol. The summed E-state index contributed by atoms with van der Waals surface area (Å²) in [5.74, 6) is 0.768. The molecule has 3 heteroatoms. The van der Waals surface area contributed by atoms with Crippen molar-refractivity contribution in [1.82, 2.24) is 4.90 Å². The quantitative estimate of drug-likeness (QED) is 0.788. The van der Waals surface area contributed by atoms with Crippen molar-refractivity contribution in [2.24, 2.45) is 0 Å². The molecule has 88 valence electrons. The topological polar surface area (TPSA) is 38.5 Å². The molecular formula is C13H20N2O. The van der Waals surface area contributed by atoms with Gasteiger partial charge in [0, 0.05) is 6.54 Å². The Morgan fingerprint density at radius 3 is 2.69 bits per heavy atom. The van der Waals surface area contributed by atoms with E-state index < -0.39 is 0 Å². The number of nitrogens with zero attached hydrogens (tertiary/aromatic N) is 1. The Balaban J connectivity index is 1.91. The summed E-state index contributed by atoms with van der Waals surface area (Å²) in [6, 6.07) is 6.08. The zero-order chi connectivity index (χ0) is 11.4. The van der Waals surface area contributed by atoms with E-state index in [2.05, 4.69) is 11.0 Å². The molecule has 0 saturated carbocycles. The first kappa shape index (κ1) is 11.3. The molecule has 0 aliphatic carbocycles. The first-order valence-electron chi connectivity index (χ1n) is 5.94. The van der Waals surface area contributed by atoms with E-state index in [1.807, 2.05) is 12.1 Å². The van der Waals surface area contributed by atoms with Gasteiger partial charge in [0.25, 0.3) is 0 Å². The van der Waals surface area contributed by atoms with Crippen molar-refractivity contribution < 1.29 is 4.74 Å². The van der Waals surface area contributed by atoms with Gasteiger partial charge in [-0.1, -0.05) is 6.07 Å². The van der Waals surface area contributed by atoms with Gasteiger partial charge in [0.1, 0.15) is 5.75 Å². The van der Waals surface area contributed by atoms with Crippen LogP contribution in [-0.4, -0.2) is 31.6 Å². The molecule has 0 aromatic heterocycles. The van der Waals surface area contributed by atoms with Gasteiger partial charge in [0.2, 0.25) is 0 Å². The Bertz CT molecular complexity index is 346. The van der Waals surface area contributed by atoms with Crippen LogP contribution in [0.1, 0.15) is 18.4 Å². The molecule has 16 heavy (non-hydrogen) atoms. The number of ether oxygens (including phenoxy) is 1. The van der Waals surface area contributed by atoms with Crippen LogP contribution in [0.5, 0.6) is 5.75 Å². The fourth-order valence-corrected chi connectivity index (χ4v) is 2.23. The molecule has 2 N–H and O–H groups in total. The van der Waals surface area contributed by atoms with Gasteiger partial charge in [0.05, 0.1) is 12.8 Å². The zero-order valence-electron chi connectivity index (χ0n) is 9.91. The maximum Gasteiger partial charge on any atom is 0.141 e. The fraction of sp³-hybridized carbons (Fsp3) is 0.538. The molecule has 0 atom stereocenters. The average molecular weight is 220 g/mol. The van der Waals surface area contributed by atoms with Gasteiger partial charge in [-0.3, -0.25) is 0 Å². The Hall–Kier alpha value is -1.22. The van der Waals surface area contributed by atoms with E-state index in [9.17, 15) is 0 Å². The summed E-state index contributed by atoms with van der Waals surface area (Å²) < 4.78 is 5.14. The number of rotatable bonds is 4. The van der Waals surface area contributed by atoms with Crippen molar-refractivity contribution in [3.8, 4) is 5.75 Å². The fourth-order valence-electron chi connectivity index (χ4n) is 2.23. The van der Waals surface area contributed by atoms with Gasteiger partial charge >= 0.3 is 0 Å². The Morgan fingerprint density at radius 2 is 2.06 bits per heavy atom. The average Bonchev–Trinajstić information content (AvgIpc) is 2.79. The SMILES string of the molecule is COc1ccc(CCN2CCCC2)cc1N. The first-order valence-corrected chi connectivity index (χ1v) is 5.94. The second-order valence-electron chi connectivity index (χ2n) is 4.38. The predicted octanol–water partition coefficient (Wildman–Crippen LogP) is 1.92. The van der Waals surface area contributed by atoms with Crippen LogP contribution in [0.4, 0.5) is 5.69 Å². The molecule has 3 nitrogen and oxygen atoms in total. The molecule has 0 unspecified atom stereocenters. The number of nitrogen functional groups attached to an aromatic ring is 1. The summed E-state index contributed by atoms with van der Waals surface area (Å²) in [6.45, 7) is 3.66. The molecule has 1 aliphatic heterocycles. The monoisotopic (exact) mass is 220 g/mol. The molecule has 1 aromatic carbocycles. The highest BCUT2D eigenvalue weighted by molar-refractivity contribution is 5.54. The van der Waals surface area contributed by atoms with Crippen molar-refractivity contribution in [3.05, 3.63) is 23.8 Å². The third-order valence-electron chi connectivity index (χ3n) is 3.21. The molecule has 2 rings (SSSR count). The third kappa shape index (κ3) is 2.67. The van der Waals surface area contributed by atoms with Crippen molar-refractivity contribution >= 4 is 5.69 Å². The molecule has 1 aromatic rings. The number of methoxy groups -OCH3 is 1. The summed E-state index contributed by atoms with van der Waals surface area (Å²) in [7, 11) is 1.65. The lowest BCUT2D eigenvalue weighted by atomic mass is 10.1. The second-order valence-corrected chi connectivity index (χ2v) is 4.38. The molecule has 1 saturated heterocycles. The van der Waals surface area contributed by atoms with Crippen LogP contribution >= 0.6 is 0 Å². The summed E-state index contributed by atoms with van der Waals surface area (Å²) in [5, 5.41) is 0. The van der Waals surface area contributed by atoms with E-state index in [0.717, 1.165) is 24.4 Å². The van der Waals surface area contributed by atoms with Crippen LogP contribution in [0.25, 0.3) is 0 Å². The van der Waals surface area contributed by atoms with E-state index in [1.54, 1.807) is 7.11 Å². The molecule has 1 heterocycles. The van der Waals surface area contributed by atoms with Gasteiger partial charge in [-0.05, 0) is 50.0 Å². The van der Waals surface area contributed by atoms with Crippen LogP contribution in [0.3, 0.4) is 0 Å². The number of likely N-dealkylation sites (tertiary alicyclic amines) is 1. The molecule has 0 amide bonds. The summed E-state index contributed by atoms with van der Waals surface area (Å²) in [5.41, 5.74) is 7.91. The van der Waals surface area contributed by atoms with Crippen LogP contribution < -0.4 is 10.5 Å². The van der Waals surface area contributed by atoms with E-state index in [4.69, 9.17) is 10.5 Å². The van der Waals surface area contributed by atoms with Gasteiger partial charge in [0.15, 0.2) is 0 Å². The highest BCUT2D eigenvalue weighted by Crippen LogP contribution is 2.22. The summed E-state index contributed by atoms with van der Waals surface area (Å²) in [4.78, 5) is 2.51. The molecule has 1 fully saturated rings. The lowest BCUT2D eigenvalue weighted by Gasteiger charge is -2.14. The molecule has 0 bridgehead atoms. The van der Waals surface area contributed by atoms with E-state index >= 15 is 0 Å². The maximum absolute atomic E-state index is 5.88. The lowest BCUT2D eigenvalue weighted by Crippen LogP contribution is -2.21. The van der Waals surface area contributed by atoms with Crippen LogP contribution in [0.2, 0.25) is 0 Å². The van der Waals surface area contributed by atoms with Crippen molar-refractivity contribution in [3.63, 3.8) is 0 Å².